The summed E-state index contributed by atoms with van der Waals surface area (Å²) in [4.78, 5) is 9.67. The molecule has 4 aromatic carbocycles. The van der Waals surface area contributed by atoms with Crippen LogP contribution in [0.2, 0.25) is 0 Å². The smallest absolute Gasteiger partial charge is 0.228 e. The monoisotopic (exact) mass is 470 g/mol. The Morgan fingerprint density at radius 1 is 0.889 bits per heavy atom. The summed E-state index contributed by atoms with van der Waals surface area (Å²) in [6.07, 6.45) is 2.30. The molecule has 3 heterocycles. The Kier molecular flexibility index (Phi) is 4.70. The Morgan fingerprint density at radius 3 is 2.53 bits per heavy atom. The first-order valence-corrected chi connectivity index (χ1v) is 11.9. The molecule has 0 fully saturated rings. The predicted molar refractivity (Wildman–Crippen MR) is 138 cm³/mol. The van der Waals surface area contributed by atoms with E-state index >= 15 is 0 Å². The Morgan fingerprint density at radius 2 is 1.69 bits per heavy atom. The van der Waals surface area contributed by atoms with Gasteiger partial charge in [0.15, 0.2) is 11.5 Å². The minimum atomic E-state index is -0.0798. The van der Waals surface area contributed by atoms with Crippen molar-refractivity contribution in [2.45, 2.75) is 12.3 Å². The summed E-state index contributed by atoms with van der Waals surface area (Å²) in [7, 11) is 1.67. The lowest BCUT2D eigenvalue weighted by Gasteiger charge is -2.28. The van der Waals surface area contributed by atoms with Crippen LogP contribution < -0.4 is 9.47 Å². The van der Waals surface area contributed by atoms with Crippen molar-refractivity contribution in [3.8, 4) is 17.4 Å². The topological polar surface area (TPSA) is 61.5 Å². The average Bonchev–Trinajstić information content (AvgIpc) is 3.35. The van der Waals surface area contributed by atoms with E-state index < -0.39 is 0 Å². The minimum Gasteiger partial charge on any atom is -0.497 e. The van der Waals surface area contributed by atoms with Crippen molar-refractivity contribution in [2.75, 3.05) is 7.11 Å². The van der Waals surface area contributed by atoms with E-state index in [9.17, 15) is 0 Å². The number of methoxy groups -OCH3 is 1. The van der Waals surface area contributed by atoms with Crippen LogP contribution in [0.5, 0.6) is 17.4 Å². The maximum atomic E-state index is 6.50. The van der Waals surface area contributed by atoms with Crippen LogP contribution >= 0.6 is 0 Å². The molecule has 1 aliphatic rings. The number of hydrogen-bond acceptors (Lipinski definition) is 5. The Hall–Kier alpha value is -4.71. The summed E-state index contributed by atoms with van der Waals surface area (Å²) < 4.78 is 13.5. The van der Waals surface area contributed by atoms with Gasteiger partial charge in [-0.25, -0.2) is 14.5 Å². The molecule has 0 saturated carbocycles. The zero-order valence-corrected chi connectivity index (χ0v) is 19.6. The fraction of sp³-hybridized carbons (Fsp3) is 0.100. The third-order valence-corrected chi connectivity index (χ3v) is 6.79. The van der Waals surface area contributed by atoms with Gasteiger partial charge in [-0.1, -0.05) is 78.9 Å². The third-order valence-electron chi connectivity index (χ3n) is 6.79. The molecule has 0 spiro atoms. The second kappa shape index (κ2) is 8.20. The van der Waals surface area contributed by atoms with Gasteiger partial charge in [-0.3, -0.25) is 0 Å². The maximum Gasteiger partial charge on any atom is 0.228 e. The summed E-state index contributed by atoms with van der Waals surface area (Å²) in [5, 5.41) is 6.96. The summed E-state index contributed by atoms with van der Waals surface area (Å²) >= 11 is 0. The molecular formula is C30H22N4O2. The molecular weight excluding hydrogens is 448 g/mol. The van der Waals surface area contributed by atoms with E-state index in [4.69, 9.17) is 24.5 Å². The second-order valence-corrected chi connectivity index (χ2v) is 8.94. The fourth-order valence-corrected chi connectivity index (χ4v) is 5.08. The largest absolute Gasteiger partial charge is 0.497 e. The molecule has 1 atom stereocenters. The van der Waals surface area contributed by atoms with Crippen LogP contribution in [0.4, 0.5) is 0 Å². The highest BCUT2D eigenvalue weighted by atomic mass is 16.5. The van der Waals surface area contributed by atoms with Crippen molar-refractivity contribution in [2.24, 2.45) is 0 Å². The molecule has 0 saturated heterocycles. The van der Waals surface area contributed by atoms with Crippen molar-refractivity contribution < 1.29 is 9.47 Å². The Labute approximate surface area is 207 Å². The molecule has 0 aliphatic carbocycles. The van der Waals surface area contributed by atoms with Gasteiger partial charge in [-0.2, -0.15) is 0 Å². The van der Waals surface area contributed by atoms with E-state index in [2.05, 4.69) is 48.5 Å². The van der Waals surface area contributed by atoms with Gasteiger partial charge < -0.3 is 9.47 Å². The van der Waals surface area contributed by atoms with E-state index in [0.29, 0.717) is 12.3 Å². The molecule has 0 radical (unpaired) electrons. The molecule has 6 nitrogen and oxygen atoms in total. The zero-order valence-electron chi connectivity index (χ0n) is 19.6. The normalized spacial score (nSPS) is 14.3. The SMILES string of the molecule is COc1ccc(Cc2nc3c4c(ncn3n2)Oc2c(ccc3ccccc23)[C@@H]4c2ccccc2)cc1. The van der Waals surface area contributed by atoms with Crippen LogP contribution in [0.25, 0.3) is 16.4 Å². The van der Waals surface area contributed by atoms with E-state index in [0.717, 1.165) is 56.0 Å². The van der Waals surface area contributed by atoms with Gasteiger partial charge in [0.05, 0.1) is 12.7 Å². The number of nitrogens with zero attached hydrogens (tertiary/aromatic N) is 4. The molecule has 7 rings (SSSR count). The van der Waals surface area contributed by atoms with Crippen LogP contribution in [-0.2, 0) is 6.42 Å². The second-order valence-electron chi connectivity index (χ2n) is 8.94. The molecule has 0 bridgehead atoms. The van der Waals surface area contributed by atoms with Gasteiger partial charge in [0, 0.05) is 23.3 Å². The Bertz CT molecular complexity index is 1730. The van der Waals surface area contributed by atoms with Crippen molar-refractivity contribution in [1.29, 1.82) is 0 Å². The van der Waals surface area contributed by atoms with E-state index in [1.807, 2.05) is 42.5 Å². The summed E-state index contributed by atoms with van der Waals surface area (Å²) in [5.74, 6) is 2.90. The quantitative estimate of drug-likeness (QED) is 0.308. The van der Waals surface area contributed by atoms with Gasteiger partial charge in [-0.05, 0) is 28.6 Å². The number of fused-ring (bicyclic) bond motifs is 6. The van der Waals surface area contributed by atoms with Crippen LogP contribution in [0, 0.1) is 0 Å². The molecule has 0 N–H and O–H groups in total. The van der Waals surface area contributed by atoms with Gasteiger partial charge >= 0.3 is 0 Å². The lowest BCUT2D eigenvalue weighted by molar-refractivity contribution is 0.414. The minimum absolute atomic E-state index is 0.0798. The highest BCUT2D eigenvalue weighted by molar-refractivity contribution is 5.91. The van der Waals surface area contributed by atoms with Crippen LogP contribution in [0.3, 0.4) is 0 Å². The molecule has 2 aromatic heterocycles. The van der Waals surface area contributed by atoms with E-state index in [1.165, 1.54) is 0 Å². The molecule has 1 aliphatic heterocycles. The van der Waals surface area contributed by atoms with E-state index in [-0.39, 0.29) is 5.92 Å². The first kappa shape index (κ1) is 20.6. The van der Waals surface area contributed by atoms with Crippen LogP contribution in [0.15, 0.2) is 97.3 Å². The van der Waals surface area contributed by atoms with Gasteiger partial charge in [0.25, 0.3) is 0 Å². The molecule has 6 heteroatoms. The fourth-order valence-electron chi connectivity index (χ4n) is 5.08. The molecule has 174 valence electrons. The molecule has 0 unspecified atom stereocenters. The first-order valence-electron chi connectivity index (χ1n) is 11.9. The maximum absolute atomic E-state index is 6.50. The van der Waals surface area contributed by atoms with Gasteiger partial charge in [-0.15, -0.1) is 5.10 Å². The highest BCUT2D eigenvalue weighted by Gasteiger charge is 2.34. The standard InChI is InChI=1S/C30H22N4O2/c1-35-22-14-11-19(12-15-22)17-25-32-29-27-26(21-8-3-2-4-9-21)24-16-13-20-7-5-6-10-23(20)28(24)36-30(27)31-18-34(29)33-25/h2-16,18,26H,17H2,1H3/t26-/m0/s1. The Balaban J connectivity index is 1.40. The van der Waals surface area contributed by atoms with Crippen LogP contribution in [-0.4, -0.2) is 26.7 Å². The number of ether oxygens (including phenoxy) is 2. The molecule has 0 amide bonds. The lowest BCUT2D eigenvalue weighted by Crippen LogP contribution is -2.15. The number of hydrogen-bond donors (Lipinski definition) is 0. The van der Waals surface area contributed by atoms with Crippen molar-refractivity contribution in [3.63, 3.8) is 0 Å². The van der Waals surface area contributed by atoms with Crippen LogP contribution in [0.1, 0.15) is 34.0 Å². The average molecular weight is 471 g/mol. The van der Waals surface area contributed by atoms with Gasteiger partial charge in [0.1, 0.15) is 17.8 Å². The van der Waals surface area contributed by atoms with Crippen molar-refractivity contribution >= 4 is 16.4 Å². The number of benzene rings is 4. The summed E-state index contributed by atoms with van der Waals surface area (Å²) in [6, 6.07) is 31.1. The third kappa shape index (κ3) is 3.30. The predicted octanol–water partition coefficient (Wildman–Crippen LogP) is 6.16. The first-order chi connectivity index (χ1) is 17.8. The summed E-state index contributed by atoms with van der Waals surface area (Å²) in [6.45, 7) is 0. The molecule has 36 heavy (non-hydrogen) atoms. The van der Waals surface area contributed by atoms with Gasteiger partial charge in [0.2, 0.25) is 5.88 Å². The number of aromatic nitrogens is 4. The van der Waals surface area contributed by atoms with Crippen molar-refractivity contribution in [1.82, 2.24) is 19.6 Å². The highest BCUT2D eigenvalue weighted by Crippen LogP contribution is 2.50. The summed E-state index contributed by atoms with van der Waals surface area (Å²) in [5.41, 5.74) is 5.06. The van der Waals surface area contributed by atoms with E-state index in [1.54, 1.807) is 18.0 Å². The van der Waals surface area contributed by atoms with Crippen molar-refractivity contribution in [3.05, 3.63) is 125 Å². The number of rotatable bonds is 4. The molecule has 6 aromatic rings. The lowest BCUT2D eigenvalue weighted by atomic mass is 9.83. The zero-order chi connectivity index (χ0) is 24.1.